The highest BCUT2D eigenvalue weighted by atomic mass is 35.5. The third-order valence-electron chi connectivity index (χ3n) is 4.98. The van der Waals surface area contributed by atoms with E-state index < -0.39 is 0 Å². The number of nitrogens with one attached hydrogen (secondary N) is 1. The molecule has 1 aromatic rings. The molecule has 1 heterocycles. The van der Waals surface area contributed by atoms with Crippen LogP contribution in [0.4, 0.5) is 0 Å². The highest BCUT2D eigenvalue weighted by molar-refractivity contribution is 6.30. The third kappa shape index (κ3) is 2.95. The van der Waals surface area contributed by atoms with E-state index >= 15 is 0 Å². The van der Waals surface area contributed by atoms with Crippen LogP contribution in [0.5, 0.6) is 0 Å². The van der Waals surface area contributed by atoms with Gasteiger partial charge in [-0.1, -0.05) is 30.7 Å². The predicted octanol–water partition coefficient (Wildman–Crippen LogP) is 2.97. The molecule has 1 aliphatic heterocycles. The zero-order valence-electron chi connectivity index (χ0n) is 12.6. The lowest BCUT2D eigenvalue weighted by Gasteiger charge is -2.24. The second-order valence-electron chi connectivity index (χ2n) is 6.22. The number of amides is 1. The lowest BCUT2D eigenvalue weighted by molar-refractivity contribution is -0.123. The second kappa shape index (κ2) is 5.98. The number of carbonyl (C=O) groups is 1. The number of benzene rings is 1. The van der Waals surface area contributed by atoms with Gasteiger partial charge in [0.15, 0.2) is 0 Å². The third-order valence-corrected chi connectivity index (χ3v) is 5.24. The molecule has 1 saturated carbocycles. The van der Waals surface area contributed by atoms with Crippen molar-refractivity contribution in [1.29, 1.82) is 0 Å². The monoisotopic (exact) mass is 306 g/mol. The average molecular weight is 307 g/mol. The van der Waals surface area contributed by atoms with Crippen LogP contribution >= 0.6 is 11.6 Å². The molecule has 21 heavy (non-hydrogen) atoms. The molecule has 3 rings (SSSR count). The molecule has 2 fully saturated rings. The van der Waals surface area contributed by atoms with Crippen molar-refractivity contribution in [2.24, 2.45) is 0 Å². The summed E-state index contributed by atoms with van der Waals surface area (Å²) in [5, 5.41) is 3.91. The van der Waals surface area contributed by atoms with E-state index in [1.165, 1.54) is 19.4 Å². The Morgan fingerprint density at radius 3 is 2.71 bits per heavy atom. The molecule has 0 aromatic heterocycles. The van der Waals surface area contributed by atoms with Crippen molar-refractivity contribution in [1.82, 2.24) is 10.2 Å². The van der Waals surface area contributed by atoms with Crippen molar-refractivity contribution in [3.05, 3.63) is 34.9 Å². The Labute approximate surface area is 131 Å². The minimum Gasteiger partial charge on any atom is -0.354 e. The van der Waals surface area contributed by atoms with E-state index in [4.69, 9.17) is 11.6 Å². The number of likely N-dealkylation sites (tertiary alicyclic amines) is 1. The van der Waals surface area contributed by atoms with Crippen molar-refractivity contribution in [2.45, 2.75) is 44.1 Å². The molecule has 1 saturated heterocycles. The van der Waals surface area contributed by atoms with Crippen LogP contribution in [0.1, 0.15) is 38.2 Å². The van der Waals surface area contributed by atoms with Crippen molar-refractivity contribution < 1.29 is 4.79 Å². The molecule has 1 N–H and O–H groups in total. The van der Waals surface area contributed by atoms with Crippen LogP contribution in [0.3, 0.4) is 0 Å². The van der Waals surface area contributed by atoms with Crippen LogP contribution in [0.15, 0.2) is 24.3 Å². The smallest absolute Gasteiger partial charge is 0.230 e. The second-order valence-corrected chi connectivity index (χ2v) is 6.66. The molecule has 3 nitrogen and oxygen atoms in total. The zero-order chi connectivity index (χ0) is 14.9. The summed E-state index contributed by atoms with van der Waals surface area (Å²) < 4.78 is 0. The first-order chi connectivity index (χ1) is 10.2. The molecule has 0 radical (unpaired) electrons. The topological polar surface area (TPSA) is 32.3 Å². The van der Waals surface area contributed by atoms with Gasteiger partial charge in [-0.15, -0.1) is 0 Å². The van der Waals surface area contributed by atoms with Crippen LogP contribution in [-0.4, -0.2) is 36.5 Å². The summed E-state index contributed by atoms with van der Waals surface area (Å²) >= 11 is 5.93. The minimum absolute atomic E-state index is 0.188. The fourth-order valence-electron chi connectivity index (χ4n) is 3.46. The Morgan fingerprint density at radius 1 is 1.38 bits per heavy atom. The molecule has 0 spiro atoms. The summed E-state index contributed by atoms with van der Waals surface area (Å²) in [6, 6.07) is 8.24. The van der Waals surface area contributed by atoms with Gasteiger partial charge in [0, 0.05) is 17.6 Å². The van der Waals surface area contributed by atoms with E-state index in [9.17, 15) is 4.79 Å². The van der Waals surface area contributed by atoms with E-state index in [1.54, 1.807) is 0 Å². The molecule has 2 aliphatic rings. The standard InChI is InChI=1S/C17H23ClN2O/c1-2-20-11-3-4-15(20)12-19-16(21)17(9-10-17)13-5-7-14(18)8-6-13/h5-8,15H,2-4,9-12H2,1H3,(H,19,21)/t15-/m1/s1. The van der Waals surface area contributed by atoms with Crippen molar-refractivity contribution >= 4 is 17.5 Å². The first kappa shape index (κ1) is 14.9. The van der Waals surface area contributed by atoms with Gasteiger partial charge in [-0.3, -0.25) is 9.69 Å². The van der Waals surface area contributed by atoms with Crippen LogP contribution in [-0.2, 0) is 10.2 Å². The molecule has 1 amide bonds. The van der Waals surface area contributed by atoms with E-state index in [0.29, 0.717) is 6.04 Å². The Balaban J connectivity index is 1.61. The van der Waals surface area contributed by atoms with Gasteiger partial charge in [-0.05, 0) is 56.5 Å². The lowest BCUT2D eigenvalue weighted by atomic mass is 9.95. The van der Waals surface area contributed by atoms with Gasteiger partial charge in [-0.2, -0.15) is 0 Å². The lowest BCUT2D eigenvalue weighted by Crippen LogP contribution is -2.43. The summed E-state index contributed by atoms with van der Waals surface area (Å²) in [4.78, 5) is 15.1. The Hall–Kier alpha value is -1.06. The van der Waals surface area contributed by atoms with Crippen LogP contribution in [0, 0.1) is 0 Å². The van der Waals surface area contributed by atoms with E-state index in [-0.39, 0.29) is 11.3 Å². The number of hydrogen-bond acceptors (Lipinski definition) is 2. The van der Waals surface area contributed by atoms with Gasteiger partial charge in [0.1, 0.15) is 0 Å². The summed E-state index contributed by atoms with van der Waals surface area (Å²) in [6.45, 7) is 5.21. The van der Waals surface area contributed by atoms with Crippen LogP contribution in [0.25, 0.3) is 0 Å². The number of likely N-dealkylation sites (N-methyl/N-ethyl adjacent to an activating group) is 1. The Kier molecular flexibility index (Phi) is 4.23. The number of carbonyl (C=O) groups excluding carboxylic acids is 1. The highest BCUT2D eigenvalue weighted by Crippen LogP contribution is 2.48. The molecule has 0 bridgehead atoms. The van der Waals surface area contributed by atoms with Crippen molar-refractivity contribution in [2.75, 3.05) is 19.6 Å². The van der Waals surface area contributed by atoms with Crippen molar-refractivity contribution in [3.63, 3.8) is 0 Å². The molecular formula is C17H23ClN2O. The maximum absolute atomic E-state index is 12.6. The van der Waals surface area contributed by atoms with E-state index in [1.807, 2.05) is 24.3 Å². The number of halogens is 1. The van der Waals surface area contributed by atoms with E-state index in [0.717, 1.165) is 36.5 Å². The summed E-state index contributed by atoms with van der Waals surface area (Å²) in [5.74, 6) is 0.188. The number of hydrogen-bond donors (Lipinski definition) is 1. The number of nitrogens with zero attached hydrogens (tertiary/aromatic N) is 1. The maximum atomic E-state index is 12.6. The Morgan fingerprint density at radius 2 is 2.10 bits per heavy atom. The van der Waals surface area contributed by atoms with Gasteiger partial charge in [0.2, 0.25) is 5.91 Å². The van der Waals surface area contributed by atoms with Gasteiger partial charge in [0.25, 0.3) is 0 Å². The van der Waals surface area contributed by atoms with Crippen molar-refractivity contribution in [3.8, 4) is 0 Å². The first-order valence-corrected chi connectivity index (χ1v) is 8.32. The molecule has 0 unspecified atom stereocenters. The summed E-state index contributed by atoms with van der Waals surface area (Å²) in [7, 11) is 0. The van der Waals surface area contributed by atoms with Crippen LogP contribution in [0.2, 0.25) is 5.02 Å². The maximum Gasteiger partial charge on any atom is 0.230 e. The minimum atomic E-state index is -0.291. The summed E-state index contributed by atoms with van der Waals surface area (Å²) in [6.07, 6.45) is 4.34. The van der Waals surface area contributed by atoms with Gasteiger partial charge in [0.05, 0.1) is 5.41 Å². The van der Waals surface area contributed by atoms with Gasteiger partial charge < -0.3 is 5.32 Å². The summed E-state index contributed by atoms with van der Waals surface area (Å²) in [5.41, 5.74) is 0.809. The predicted molar refractivity (Wildman–Crippen MR) is 85.6 cm³/mol. The van der Waals surface area contributed by atoms with Crippen LogP contribution < -0.4 is 5.32 Å². The van der Waals surface area contributed by atoms with E-state index in [2.05, 4.69) is 17.1 Å². The van der Waals surface area contributed by atoms with Gasteiger partial charge in [-0.25, -0.2) is 0 Å². The first-order valence-electron chi connectivity index (χ1n) is 7.94. The molecule has 1 aliphatic carbocycles. The average Bonchev–Trinajstić information content (AvgIpc) is 3.18. The quantitative estimate of drug-likeness (QED) is 0.907. The molecule has 114 valence electrons. The fourth-order valence-corrected chi connectivity index (χ4v) is 3.59. The molecule has 1 atom stereocenters. The number of rotatable bonds is 5. The molecule has 4 heteroatoms. The molecular weight excluding hydrogens is 284 g/mol. The normalized spacial score (nSPS) is 24.0. The molecule has 1 aromatic carbocycles. The SMILES string of the molecule is CCN1CCC[C@@H]1CNC(=O)C1(c2ccc(Cl)cc2)CC1. The Bertz CT molecular complexity index is 510. The zero-order valence-corrected chi connectivity index (χ0v) is 13.3. The highest BCUT2D eigenvalue weighted by Gasteiger charge is 2.51. The van der Waals surface area contributed by atoms with Gasteiger partial charge >= 0.3 is 0 Å². The largest absolute Gasteiger partial charge is 0.354 e. The fraction of sp³-hybridized carbons (Fsp3) is 0.588.